The van der Waals surface area contributed by atoms with E-state index < -0.39 is 6.23 Å². The maximum atomic E-state index is 9.72. The van der Waals surface area contributed by atoms with E-state index in [0.717, 1.165) is 16.8 Å². The smallest absolute Gasteiger partial charge is 0.243 e. The van der Waals surface area contributed by atoms with E-state index in [2.05, 4.69) is 15.3 Å². The molecule has 3 N–H and O–H groups in total. The van der Waals surface area contributed by atoms with Gasteiger partial charge in [0.15, 0.2) is 17.0 Å². The minimum Gasteiger partial charge on any atom is -0.493 e. The summed E-state index contributed by atoms with van der Waals surface area (Å²) in [6, 6.07) is 7.59. The second-order valence-electron chi connectivity index (χ2n) is 6.92. The van der Waals surface area contributed by atoms with Crippen molar-refractivity contribution in [2.45, 2.75) is 25.7 Å². The van der Waals surface area contributed by atoms with E-state index in [1.165, 1.54) is 0 Å². The standard InChI is InChI=1S/C20H24N4O4/c1-11(13-7-18(25)21-9-13)28-20-19-15(22-10-23-19)8-14(24-20)12-4-5-16(26-2)17(6-12)27-3/h4-6,8,10-11,13,18,21,25H,7,9H2,1-3H3,(H,22,23). The number of nitrogens with zero attached hydrogens (tertiary/aromatic N) is 2. The van der Waals surface area contributed by atoms with Crippen LogP contribution in [-0.2, 0) is 0 Å². The van der Waals surface area contributed by atoms with Gasteiger partial charge in [-0.3, -0.25) is 5.32 Å². The molecule has 0 saturated carbocycles. The topological polar surface area (TPSA) is 102 Å². The first-order valence-electron chi connectivity index (χ1n) is 9.23. The minimum absolute atomic E-state index is 0.113. The normalized spacial score (nSPS) is 20.3. The average Bonchev–Trinajstić information content (AvgIpc) is 3.36. The summed E-state index contributed by atoms with van der Waals surface area (Å²) in [5, 5.41) is 12.8. The van der Waals surface area contributed by atoms with Crippen LogP contribution in [0.1, 0.15) is 13.3 Å². The van der Waals surface area contributed by atoms with Crippen molar-refractivity contribution in [2.75, 3.05) is 20.8 Å². The first-order chi connectivity index (χ1) is 13.6. The van der Waals surface area contributed by atoms with Crippen molar-refractivity contribution in [3.63, 3.8) is 0 Å². The van der Waals surface area contributed by atoms with E-state index in [1.807, 2.05) is 31.2 Å². The van der Waals surface area contributed by atoms with Gasteiger partial charge in [0.1, 0.15) is 12.3 Å². The van der Waals surface area contributed by atoms with E-state index in [0.29, 0.717) is 35.9 Å². The zero-order valence-corrected chi connectivity index (χ0v) is 16.1. The zero-order valence-electron chi connectivity index (χ0n) is 16.1. The predicted molar refractivity (Wildman–Crippen MR) is 105 cm³/mol. The van der Waals surface area contributed by atoms with Crippen LogP contribution in [0.15, 0.2) is 30.6 Å². The van der Waals surface area contributed by atoms with Crippen LogP contribution in [-0.4, -0.2) is 53.2 Å². The molecular formula is C20H24N4O4. The molecule has 4 rings (SSSR count). The quantitative estimate of drug-likeness (QED) is 0.599. The number of pyridine rings is 1. The van der Waals surface area contributed by atoms with Gasteiger partial charge >= 0.3 is 0 Å². The van der Waals surface area contributed by atoms with E-state index in [-0.39, 0.29) is 12.0 Å². The number of imidazole rings is 1. The first kappa shape index (κ1) is 18.5. The Morgan fingerprint density at radius 3 is 2.71 bits per heavy atom. The molecule has 3 aromatic rings. The van der Waals surface area contributed by atoms with Crippen LogP contribution in [0.2, 0.25) is 0 Å². The third kappa shape index (κ3) is 3.48. The van der Waals surface area contributed by atoms with Crippen molar-refractivity contribution in [3.05, 3.63) is 30.6 Å². The van der Waals surface area contributed by atoms with E-state index in [9.17, 15) is 5.11 Å². The van der Waals surface area contributed by atoms with Gasteiger partial charge in [0.05, 0.1) is 31.8 Å². The Morgan fingerprint density at radius 2 is 2.00 bits per heavy atom. The number of benzene rings is 1. The third-order valence-corrected chi connectivity index (χ3v) is 5.16. The molecule has 0 spiro atoms. The van der Waals surface area contributed by atoms with Gasteiger partial charge in [-0.2, -0.15) is 0 Å². The summed E-state index contributed by atoms with van der Waals surface area (Å²) in [5.74, 6) is 1.97. The lowest BCUT2D eigenvalue weighted by Gasteiger charge is -2.20. The highest BCUT2D eigenvalue weighted by molar-refractivity contribution is 5.84. The van der Waals surface area contributed by atoms with E-state index in [4.69, 9.17) is 19.2 Å². The molecular weight excluding hydrogens is 360 g/mol. The van der Waals surface area contributed by atoms with Crippen molar-refractivity contribution in [1.82, 2.24) is 20.3 Å². The monoisotopic (exact) mass is 384 g/mol. The molecule has 0 aliphatic carbocycles. The van der Waals surface area contributed by atoms with Gasteiger partial charge in [-0.15, -0.1) is 0 Å². The number of rotatable bonds is 6. The molecule has 3 heterocycles. The lowest BCUT2D eigenvalue weighted by molar-refractivity contribution is 0.125. The molecule has 0 radical (unpaired) electrons. The Kier molecular flexibility index (Phi) is 5.06. The van der Waals surface area contributed by atoms with Crippen LogP contribution in [0.5, 0.6) is 17.4 Å². The van der Waals surface area contributed by atoms with Gasteiger partial charge in [-0.05, 0) is 37.6 Å². The minimum atomic E-state index is -0.479. The van der Waals surface area contributed by atoms with Crippen LogP contribution in [0, 0.1) is 5.92 Å². The number of ether oxygens (including phenoxy) is 3. The number of methoxy groups -OCH3 is 2. The number of aliphatic hydroxyl groups excluding tert-OH is 1. The second-order valence-corrected chi connectivity index (χ2v) is 6.92. The fourth-order valence-electron chi connectivity index (χ4n) is 3.51. The SMILES string of the molecule is COc1ccc(-c2cc3[nH]cnc3c(OC(C)C3CNC(O)C3)n2)cc1OC. The molecule has 3 atom stereocenters. The Bertz CT molecular complexity index is 974. The zero-order chi connectivity index (χ0) is 19.7. The third-order valence-electron chi connectivity index (χ3n) is 5.16. The summed E-state index contributed by atoms with van der Waals surface area (Å²) in [5.41, 5.74) is 3.14. The molecule has 1 saturated heterocycles. The number of fused-ring (bicyclic) bond motifs is 1. The van der Waals surface area contributed by atoms with Gasteiger partial charge in [-0.25, -0.2) is 9.97 Å². The summed E-state index contributed by atoms with van der Waals surface area (Å²) in [6.07, 6.45) is 1.69. The highest BCUT2D eigenvalue weighted by Gasteiger charge is 2.29. The number of nitrogens with one attached hydrogen (secondary N) is 2. The molecule has 1 fully saturated rings. The summed E-state index contributed by atoms with van der Waals surface area (Å²) < 4.78 is 16.9. The van der Waals surface area contributed by atoms with Gasteiger partial charge in [0.2, 0.25) is 5.88 Å². The van der Waals surface area contributed by atoms with Crippen LogP contribution in [0.25, 0.3) is 22.3 Å². The van der Waals surface area contributed by atoms with Gasteiger partial charge in [-0.1, -0.05) is 0 Å². The lowest BCUT2D eigenvalue weighted by atomic mass is 10.0. The van der Waals surface area contributed by atoms with Gasteiger partial charge in [0, 0.05) is 18.0 Å². The predicted octanol–water partition coefficient (Wildman–Crippen LogP) is 2.34. The summed E-state index contributed by atoms with van der Waals surface area (Å²) >= 11 is 0. The summed E-state index contributed by atoms with van der Waals surface area (Å²) in [6.45, 7) is 2.70. The van der Waals surface area contributed by atoms with Crippen LogP contribution in [0.4, 0.5) is 0 Å². The van der Waals surface area contributed by atoms with E-state index in [1.54, 1.807) is 20.5 Å². The molecule has 1 aliphatic rings. The lowest BCUT2D eigenvalue weighted by Crippen LogP contribution is -2.26. The molecule has 148 valence electrons. The van der Waals surface area contributed by atoms with Gasteiger partial charge < -0.3 is 24.3 Å². The van der Waals surface area contributed by atoms with Gasteiger partial charge in [0.25, 0.3) is 0 Å². The molecule has 0 amide bonds. The molecule has 1 aliphatic heterocycles. The number of hydrogen-bond donors (Lipinski definition) is 3. The number of hydrogen-bond acceptors (Lipinski definition) is 7. The first-order valence-corrected chi connectivity index (χ1v) is 9.23. The number of aliphatic hydroxyl groups is 1. The van der Waals surface area contributed by atoms with Crippen molar-refractivity contribution >= 4 is 11.0 Å². The number of aromatic nitrogens is 3. The molecule has 28 heavy (non-hydrogen) atoms. The van der Waals surface area contributed by atoms with Crippen molar-refractivity contribution < 1.29 is 19.3 Å². The molecule has 1 aromatic carbocycles. The Balaban J connectivity index is 1.69. The maximum Gasteiger partial charge on any atom is 0.243 e. The van der Waals surface area contributed by atoms with Crippen LogP contribution >= 0.6 is 0 Å². The Hall–Kier alpha value is -2.84. The fourth-order valence-corrected chi connectivity index (χ4v) is 3.51. The average molecular weight is 384 g/mol. The highest BCUT2D eigenvalue weighted by atomic mass is 16.5. The molecule has 3 unspecified atom stereocenters. The largest absolute Gasteiger partial charge is 0.493 e. The molecule has 0 bridgehead atoms. The van der Waals surface area contributed by atoms with Crippen molar-refractivity contribution in [3.8, 4) is 28.6 Å². The van der Waals surface area contributed by atoms with Crippen molar-refractivity contribution in [2.24, 2.45) is 5.92 Å². The highest BCUT2D eigenvalue weighted by Crippen LogP contribution is 2.34. The van der Waals surface area contributed by atoms with E-state index >= 15 is 0 Å². The fraction of sp³-hybridized carbons (Fsp3) is 0.400. The number of aromatic amines is 1. The Labute approximate surface area is 162 Å². The summed E-state index contributed by atoms with van der Waals surface area (Å²) in [4.78, 5) is 12.2. The van der Waals surface area contributed by atoms with Crippen LogP contribution in [0.3, 0.4) is 0 Å². The summed E-state index contributed by atoms with van der Waals surface area (Å²) in [7, 11) is 3.21. The number of H-pyrrole nitrogens is 1. The molecule has 2 aromatic heterocycles. The molecule has 8 heteroatoms. The Morgan fingerprint density at radius 1 is 1.18 bits per heavy atom. The maximum absolute atomic E-state index is 9.72. The molecule has 8 nitrogen and oxygen atoms in total. The van der Waals surface area contributed by atoms with Crippen LogP contribution < -0.4 is 19.5 Å². The van der Waals surface area contributed by atoms with Crippen molar-refractivity contribution in [1.29, 1.82) is 0 Å². The second kappa shape index (κ2) is 7.65.